The Morgan fingerprint density at radius 3 is 2.26 bits per heavy atom. The SMILES string of the molecule is CCOC(=O)C1C2C(CC(=O)Nc3ccccc3)CC(NC(=O)OC(C)(C)C)(C(=O)OCC)C12. The number of anilines is 1. The van der Waals surface area contributed by atoms with Crippen LogP contribution in [0.15, 0.2) is 30.3 Å². The minimum absolute atomic E-state index is 0.0864. The summed E-state index contributed by atoms with van der Waals surface area (Å²) in [6.45, 7) is 8.84. The van der Waals surface area contributed by atoms with Crippen molar-refractivity contribution in [2.75, 3.05) is 18.5 Å². The third-order valence-electron chi connectivity index (χ3n) is 6.20. The molecule has 186 valence electrons. The normalized spacial score (nSPS) is 27.2. The molecule has 0 heterocycles. The fraction of sp³-hybridized carbons (Fsp3) is 0.600. The molecule has 5 atom stereocenters. The van der Waals surface area contributed by atoms with E-state index in [9.17, 15) is 19.2 Å². The van der Waals surface area contributed by atoms with Gasteiger partial charge in [0, 0.05) is 18.0 Å². The van der Waals surface area contributed by atoms with Crippen LogP contribution in [0, 0.1) is 23.7 Å². The lowest BCUT2D eigenvalue weighted by Gasteiger charge is -2.33. The Balaban J connectivity index is 1.86. The van der Waals surface area contributed by atoms with E-state index < -0.39 is 41.0 Å². The van der Waals surface area contributed by atoms with Gasteiger partial charge in [0.1, 0.15) is 11.1 Å². The van der Waals surface area contributed by atoms with Crippen molar-refractivity contribution in [2.45, 2.75) is 58.6 Å². The molecule has 0 spiro atoms. The number of esters is 2. The van der Waals surface area contributed by atoms with Crippen LogP contribution in [0.5, 0.6) is 0 Å². The Morgan fingerprint density at radius 2 is 1.68 bits per heavy atom. The van der Waals surface area contributed by atoms with E-state index in [0.717, 1.165) is 0 Å². The number of benzene rings is 1. The highest BCUT2D eigenvalue weighted by Gasteiger charge is 2.76. The molecule has 34 heavy (non-hydrogen) atoms. The van der Waals surface area contributed by atoms with Crippen LogP contribution < -0.4 is 10.6 Å². The molecule has 1 aromatic rings. The summed E-state index contributed by atoms with van der Waals surface area (Å²) in [6.07, 6.45) is -0.523. The van der Waals surface area contributed by atoms with Crippen LogP contribution >= 0.6 is 0 Å². The molecular formula is C25H34N2O7. The highest BCUT2D eigenvalue weighted by molar-refractivity contribution is 5.93. The topological polar surface area (TPSA) is 120 Å². The monoisotopic (exact) mass is 474 g/mol. The van der Waals surface area contributed by atoms with E-state index in [0.29, 0.717) is 5.69 Å². The minimum atomic E-state index is -1.47. The third kappa shape index (κ3) is 5.51. The third-order valence-corrected chi connectivity index (χ3v) is 6.20. The summed E-state index contributed by atoms with van der Waals surface area (Å²) < 4.78 is 16.0. The maximum Gasteiger partial charge on any atom is 0.408 e. The van der Waals surface area contributed by atoms with Crippen molar-refractivity contribution in [3.05, 3.63) is 30.3 Å². The highest BCUT2D eigenvalue weighted by Crippen LogP contribution is 2.66. The Morgan fingerprint density at radius 1 is 1.03 bits per heavy atom. The van der Waals surface area contributed by atoms with Crippen LogP contribution in [0.2, 0.25) is 0 Å². The zero-order chi connectivity index (χ0) is 25.1. The fourth-order valence-corrected chi connectivity index (χ4v) is 5.11. The van der Waals surface area contributed by atoms with E-state index in [-0.39, 0.29) is 43.8 Å². The molecule has 0 radical (unpaired) electrons. The zero-order valence-electron chi connectivity index (χ0n) is 20.4. The lowest BCUT2D eigenvalue weighted by molar-refractivity contribution is -0.154. The molecule has 2 saturated carbocycles. The van der Waals surface area contributed by atoms with E-state index in [2.05, 4.69) is 10.6 Å². The maximum atomic E-state index is 13.2. The number of ether oxygens (including phenoxy) is 3. The molecule has 9 nitrogen and oxygen atoms in total. The van der Waals surface area contributed by atoms with Gasteiger partial charge in [0.25, 0.3) is 0 Å². The molecule has 9 heteroatoms. The van der Waals surface area contributed by atoms with Crippen LogP contribution in [-0.4, -0.2) is 48.3 Å². The van der Waals surface area contributed by atoms with Gasteiger partial charge in [-0.25, -0.2) is 9.59 Å². The Bertz CT molecular complexity index is 927. The molecule has 0 saturated heterocycles. The quantitative estimate of drug-likeness (QED) is 0.438. The summed E-state index contributed by atoms with van der Waals surface area (Å²) in [7, 11) is 0. The zero-order valence-corrected chi connectivity index (χ0v) is 20.4. The van der Waals surface area contributed by atoms with Crippen molar-refractivity contribution in [1.29, 1.82) is 0 Å². The van der Waals surface area contributed by atoms with E-state index in [1.165, 1.54) is 0 Å². The number of rotatable bonds is 8. The molecule has 0 aliphatic heterocycles. The summed E-state index contributed by atoms with van der Waals surface area (Å²) in [5, 5.41) is 5.58. The molecule has 2 N–H and O–H groups in total. The van der Waals surface area contributed by atoms with E-state index >= 15 is 0 Å². The Kier molecular flexibility index (Phi) is 7.53. The van der Waals surface area contributed by atoms with E-state index in [1.807, 2.05) is 18.2 Å². The summed E-state index contributed by atoms with van der Waals surface area (Å²) in [4.78, 5) is 51.4. The first-order valence-corrected chi connectivity index (χ1v) is 11.7. The number of alkyl carbamates (subject to hydrolysis) is 1. The summed E-state index contributed by atoms with van der Waals surface area (Å²) in [5.41, 5.74) is -1.60. The largest absolute Gasteiger partial charge is 0.466 e. The Hall–Kier alpha value is -3.10. The van der Waals surface area contributed by atoms with Crippen molar-refractivity contribution < 1.29 is 33.4 Å². The molecule has 2 aliphatic rings. The van der Waals surface area contributed by atoms with Crippen LogP contribution in [0.1, 0.15) is 47.5 Å². The van der Waals surface area contributed by atoms with E-state index in [4.69, 9.17) is 14.2 Å². The first-order valence-electron chi connectivity index (χ1n) is 11.7. The van der Waals surface area contributed by atoms with Gasteiger partial charge in [0.05, 0.1) is 19.1 Å². The molecular weight excluding hydrogens is 440 g/mol. The van der Waals surface area contributed by atoms with Crippen LogP contribution in [-0.2, 0) is 28.6 Å². The number of carbonyl (C=O) groups is 4. The highest BCUT2D eigenvalue weighted by atomic mass is 16.6. The van der Waals surface area contributed by atoms with Crippen molar-refractivity contribution >= 4 is 29.6 Å². The lowest BCUT2D eigenvalue weighted by Crippen LogP contribution is -2.58. The van der Waals surface area contributed by atoms with Gasteiger partial charge >= 0.3 is 18.0 Å². The van der Waals surface area contributed by atoms with Crippen LogP contribution in [0.3, 0.4) is 0 Å². The van der Waals surface area contributed by atoms with E-state index in [1.54, 1.807) is 46.8 Å². The minimum Gasteiger partial charge on any atom is -0.466 e. The number of hydrogen-bond donors (Lipinski definition) is 2. The number of carbonyl (C=O) groups excluding carboxylic acids is 4. The average molecular weight is 475 g/mol. The maximum absolute atomic E-state index is 13.2. The second kappa shape index (κ2) is 10.0. The molecule has 5 unspecified atom stereocenters. The van der Waals surface area contributed by atoms with Gasteiger partial charge < -0.3 is 24.8 Å². The van der Waals surface area contributed by atoms with Gasteiger partial charge in [-0.1, -0.05) is 18.2 Å². The molecule has 0 bridgehead atoms. The van der Waals surface area contributed by atoms with Crippen molar-refractivity contribution in [2.24, 2.45) is 23.7 Å². The molecule has 3 rings (SSSR count). The number of amides is 2. The summed E-state index contributed by atoms with van der Waals surface area (Å²) >= 11 is 0. The second-order valence-corrected chi connectivity index (χ2v) is 9.78. The van der Waals surface area contributed by atoms with Crippen molar-refractivity contribution in [1.82, 2.24) is 5.32 Å². The van der Waals surface area contributed by atoms with Crippen LogP contribution in [0.4, 0.5) is 10.5 Å². The fourth-order valence-electron chi connectivity index (χ4n) is 5.11. The predicted molar refractivity (Wildman–Crippen MR) is 124 cm³/mol. The number of para-hydroxylation sites is 1. The number of fused-ring (bicyclic) bond motifs is 1. The van der Waals surface area contributed by atoms with Gasteiger partial charge in [0.15, 0.2) is 0 Å². The molecule has 2 fully saturated rings. The summed E-state index contributed by atoms with van der Waals surface area (Å²) in [6, 6.07) is 9.04. The Labute approximate surface area is 199 Å². The standard InChI is InChI=1S/C25H34N2O7/c1-6-32-21(29)19-18-15(13-17(28)26-16-11-9-8-10-12-16)14-25(20(18)19,22(30)33-7-2)27-23(31)34-24(3,4)5/h8-12,15,18-20H,6-7,13-14H2,1-5H3,(H,26,28)(H,27,31). The summed E-state index contributed by atoms with van der Waals surface area (Å²) in [5.74, 6) is -3.07. The van der Waals surface area contributed by atoms with Crippen LogP contribution in [0.25, 0.3) is 0 Å². The number of nitrogens with one attached hydrogen (secondary N) is 2. The van der Waals surface area contributed by atoms with Gasteiger partial charge in [-0.15, -0.1) is 0 Å². The van der Waals surface area contributed by atoms with Gasteiger partial charge in [-0.2, -0.15) is 0 Å². The molecule has 2 amide bonds. The lowest BCUT2D eigenvalue weighted by atomic mass is 9.85. The van der Waals surface area contributed by atoms with Crippen molar-refractivity contribution in [3.63, 3.8) is 0 Å². The first kappa shape index (κ1) is 25.5. The van der Waals surface area contributed by atoms with Gasteiger partial charge in [-0.05, 0) is 65.0 Å². The number of hydrogen-bond acceptors (Lipinski definition) is 7. The average Bonchev–Trinajstić information content (AvgIpc) is 3.41. The smallest absolute Gasteiger partial charge is 0.408 e. The molecule has 1 aromatic carbocycles. The van der Waals surface area contributed by atoms with Crippen molar-refractivity contribution in [3.8, 4) is 0 Å². The first-order chi connectivity index (χ1) is 16.0. The van der Waals surface area contributed by atoms with Gasteiger partial charge in [0.2, 0.25) is 5.91 Å². The molecule has 2 aliphatic carbocycles. The second-order valence-electron chi connectivity index (χ2n) is 9.78. The van der Waals surface area contributed by atoms with Gasteiger partial charge in [-0.3, -0.25) is 9.59 Å². The molecule has 0 aromatic heterocycles. The predicted octanol–water partition coefficient (Wildman–Crippen LogP) is 3.29.